The molecule has 1 amide bonds. The first-order chi connectivity index (χ1) is 13.7. The molecular formula is C20H22N4O3S. The number of amides is 1. The van der Waals surface area contributed by atoms with Gasteiger partial charge in [-0.3, -0.25) is 9.36 Å². The van der Waals surface area contributed by atoms with E-state index in [9.17, 15) is 9.59 Å². The second-order valence-electron chi connectivity index (χ2n) is 6.09. The zero-order valence-electron chi connectivity index (χ0n) is 15.6. The minimum absolute atomic E-state index is 0.156. The molecule has 0 saturated heterocycles. The summed E-state index contributed by atoms with van der Waals surface area (Å²) in [5, 5.41) is 9.77. The fraction of sp³-hybridized carbons (Fsp3) is 0.250. The number of methoxy groups -OCH3 is 1. The van der Waals surface area contributed by atoms with E-state index in [4.69, 9.17) is 4.74 Å². The lowest BCUT2D eigenvalue weighted by Gasteiger charge is -2.07. The number of carbonyl (C=O) groups excluding carboxylic acids is 1. The maximum absolute atomic E-state index is 12.2. The predicted octanol–water partition coefficient (Wildman–Crippen LogP) is 3.01. The molecule has 2 N–H and O–H groups in total. The Morgan fingerprint density at radius 1 is 1.14 bits per heavy atom. The van der Waals surface area contributed by atoms with E-state index in [1.807, 2.05) is 54.6 Å². The molecule has 0 radical (unpaired) electrons. The van der Waals surface area contributed by atoms with E-state index in [2.05, 4.69) is 15.5 Å². The Morgan fingerprint density at radius 2 is 1.86 bits per heavy atom. The van der Waals surface area contributed by atoms with Crippen LogP contribution in [0.2, 0.25) is 0 Å². The number of hydrogen-bond donors (Lipinski definition) is 2. The van der Waals surface area contributed by atoms with Crippen LogP contribution >= 0.6 is 11.8 Å². The van der Waals surface area contributed by atoms with Crippen LogP contribution in [0, 0.1) is 0 Å². The molecule has 3 rings (SSSR count). The number of thioether (sulfide) groups is 1. The molecule has 3 aromatic rings. The lowest BCUT2D eigenvalue weighted by molar-refractivity contribution is -0.113. The van der Waals surface area contributed by atoms with Crippen molar-refractivity contribution in [3.05, 3.63) is 65.1 Å². The van der Waals surface area contributed by atoms with Crippen molar-refractivity contribution in [1.29, 1.82) is 0 Å². The van der Waals surface area contributed by atoms with Crippen LogP contribution in [-0.2, 0) is 16.1 Å². The van der Waals surface area contributed by atoms with E-state index in [1.54, 1.807) is 7.11 Å². The van der Waals surface area contributed by atoms with Crippen LogP contribution in [0.5, 0.6) is 0 Å². The maximum Gasteiger partial charge on any atom is 0.343 e. The highest BCUT2D eigenvalue weighted by Crippen LogP contribution is 2.21. The summed E-state index contributed by atoms with van der Waals surface area (Å²) < 4.78 is 6.52. The van der Waals surface area contributed by atoms with Gasteiger partial charge in [0.1, 0.15) is 0 Å². The van der Waals surface area contributed by atoms with E-state index in [1.165, 1.54) is 16.3 Å². The molecule has 8 heteroatoms. The van der Waals surface area contributed by atoms with Gasteiger partial charge in [-0.15, -0.1) is 5.10 Å². The van der Waals surface area contributed by atoms with Gasteiger partial charge in [-0.05, 0) is 29.7 Å². The summed E-state index contributed by atoms with van der Waals surface area (Å²) in [6, 6.07) is 17.7. The Bertz CT molecular complexity index is 952. The van der Waals surface area contributed by atoms with Crippen LogP contribution in [-0.4, -0.2) is 40.1 Å². The van der Waals surface area contributed by atoms with E-state index < -0.39 is 0 Å². The summed E-state index contributed by atoms with van der Waals surface area (Å²) in [7, 11) is 1.62. The molecule has 0 atom stereocenters. The Hall–Kier alpha value is -2.84. The number of carbonyl (C=O) groups is 1. The van der Waals surface area contributed by atoms with Crippen LogP contribution in [0.15, 0.2) is 64.5 Å². The molecule has 0 aliphatic heterocycles. The first kappa shape index (κ1) is 19.9. The predicted molar refractivity (Wildman–Crippen MR) is 111 cm³/mol. The van der Waals surface area contributed by atoms with E-state index in [0.29, 0.717) is 24.7 Å². The summed E-state index contributed by atoms with van der Waals surface area (Å²) in [5.74, 6) is 0.00556. The van der Waals surface area contributed by atoms with Crippen molar-refractivity contribution in [2.75, 3.05) is 24.8 Å². The van der Waals surface area contributed by atoms with Gasteiger partial charge in [0.25, 0.3) is 0 Å². The van der Waals surface area contributed by atoms with Gasteiger partial charge in [-0.25, -0.2) is 9.89 Å². The molecule has 1 heterocycles. The molecular weight excluding hydrogens is 376 g/mol. The number of ether oxygens (including phenoxy) is 1. The number of nitrogens with zero attached hydrogens (tertiary/aromatic N) is 2. The Kier molecular flexibility index (Phi) is 7.05. The van der Waals surface area contributed by atoms with Crippen molar-refractivity contribution in [1.82, 2.24) is 14.8 Å². The summed E-state index contributed by atoms with van der Waals surface area (Å²) in [6.07, 6.45) is 0.698. The standard InChI is InChI=1S/C20H22N4O3S/c1-27-13-5-12-24-19(26)22-23-20(24)28-14-18(25)21-17-10-8-16(9-11-17)15-6-3-2-4-7-15/h2-4,6-11H,5,12-14H2,1H3,(H,21,25)(H,22,26). The van der Waals surface area contributed by atoms with Crippen LogP contribution < -0.4 is 11.0 Å². The highest BCUT2D eigenvalue weighted by Gasteiger charge is 2.11. The second kappa shape index (κ2) is 9.91. The van der Waals surface area contributed by atoms with E-state index >= 15 is 0 Å². The molecule has 0 aliphatic carbocycles. The zero-order valence-corrected chi connectivity index (χ0v) is 16.4. The number of benzene rings is 2. The van der Waals surface area contributed by atoms with Gasteiger partial charge >= 0.3 is 5.69 Å². The maximum atomic E-state index is 12.2. The van der Waals surface area contributed by atoms with Crippen LogP contribution in [0.25, 0.3) is 11.1 Å². The highest BCUT2D eigenvalue weighted by molar-refractivity contribution is 7.99. The molecule has 7 nitrogen and oxygen atoms in total. The fourth-order valence-electron chi connectivity index (χ4n) is 2.68. The molecule has 0 bridgehead atoms. The van der Waals surface area contributed by atoms with Gasteiger partial charge in [-0.1, -0.05) is 54.2 Å². The fourth-order valence-corrected chi connectivity index (χ4v) is 3.45. The van der Waals surface area contributed by atoms with Gasteiger partial charge in [-0.2, -0.15) is 0 Å². The number of anilines is 1. The third-order valence-electron chi connectivity index (χ3n) is 4.06. The molecule has 2 aromatic carbocycles. The van der Waals surface area contributed by atoms with Gasteiger partial charge in [0.15, 0.2) is 5.16 Å². The summed E-state index contributed by atoms with van der Waals surface area (Å²) >= 11 is 1.22. The molecule has 1 aromatic heterocycles. The smallest absolute Gasteiger partial charge is 0.343 e. The zero-order chi connectivity index (χ0) is 19.8. The van der Waals surface area contributed by atoms with Crippen molar-refractivity contribution in [3.8, 4) is 11.1 Å². The third-order valence-corrected chi connectivity index (χ3v) is 5.04. The SMILES string of the molecule is COCCCn1c(SCC(=O)Nc2ccc(-c3ccccc3)cc2)n[nH]c1=O. The van der Waals surface area contributed by atoms with Crippen LogP contribution in [0.3, 0.4) is 0 Å². The number of aromatic amines is 1. The first-order valence-corrected chi connectivity index (χ1v) is 9.88. The lowest BCUT2D eigenvalue weighted by Crippen LogP contribution is -2.19. The Labute approximate surface area is 167 Å². The van der Waals surface area contributed by atoms with Gasteiger partial charge < -0.3 is 10.1 Å². The third kappa shape index (κ3) is 5.34. The number of aromatic nitrogens is 3. The molecule has 146 valence electrons. The average Bonchev–Trinajstić information content (AvgIpc) is 3.07. The molecule has 0 fully saturated rings. The normalized spacial score (nSPS) is 10.8. The number of H-pyrrole nitrogens is 1. The quantitative estimate of drug-likeness (QED) is 0.427. The Balaban J connectivity index is 1.54. The topological polar surface area (TPSA) is 89.0 Å². The largest absolute Gasteiger partial charge is 0.385 e. The van der Waals surface area contributed by atoms with E-state index in [-0.39, 0.29) is 17.3 Å². The minimum atomic E-state index is -0.282. The minimum Gasteiger partial charge on any atom is -0.385 e. The number of rotatable bonds is 9. The van der Waals surface area contributed by atoms with Crippen LogP contribution in [0.1, 0.15) is 6.42 Å². The molecule has 0 spiro atoms. The average molecular weight is 398 g/mol. The Morgan fingerprint density at radius 3 is 2.57 bits per heavy atom. The van der Waals surface area contributed by atoms with Gasteiger partial charge in [0.2, 0.25) is 5.91 Å². The van der Waals surface area contributed by atoms with Crippen molar-refractivity contribution in [2.45, 2.75) is 18.1 Å². The summed E-state index contributed by atoms with van der Waals surface area (Å²) in [6.45, 7) is 1.05. The number of nitrogens with one attached hydrogen (secondary N) is 2. The lowest BCUT2D eigenvalue weighted by atomic mass is 10.1. The number of hydrogen-bond acceptors (Lipinski definition) is 5. The molecule has 0 saturated carbocycles. The van der Waals surface area contributed by atoms with Gasteiger partial charge in [0.05, 0.1) is 5.75 Å². The van der Waals surface area contributed by atoms with Crippen LogP contribution in [0.4, 0.5) is 5.69 Å². The first-order valence-electron chi connectivity index (χ1n) is 8.89. The molecule has 28 heavy (non-hydrogen) atoms. The van der Waals surface area contributed by atoms with Gasteiger partial charge in [0, 0.05) is 25.9 Å². The van der Waals surface area contributed by atoms with Crippen molar-refractivity contribution < 1.29 is 9.53 Å². The second-order valence-corrected chi connectivity index (χ2v) is 7.03. The highest BCUT2D eigenvalue weighted by atomic mass is 32.2. The van der Waals surface area contributed by atoms with Crippen molar-refractivity contribution in [3.63, 3.8) is 0 Å². The monoisotopic (exact) mass is 398 g/mol. The molecule has 0 unspecified atom stereocenters. The summed E-state index contributed by atoms with van der Waals surface area (Å²) in [4.78, 5) is 24.1. The van der Waals surface area contributed by atoms with Crippen molar-refractivity contribution >= 4 is 23.4 Å². The molecule has 0 aliphatic rings. The van der Waals surface area contributed by atoms with E-state index in [0.717, 1.165) is 16.8 Å². The summed E-state index contributed by atoms with van der Waals surface area (Å²) in [5.41, 5.74) is 2.66. The van der Waals surface area contributed by atoms with Crippen molar-refractivity contribution in [2.24, 2.45) is 0 Å².